The summed E-state index contributed by atoms with van der Waals surface area (Å²) in [6.07, 6.45) is 1.83. The maximum atomic E-state index is 12.5. The van der Waals surface area contributed by atoms with Crippen LogP contribution in [-0.4, -0.2) is 19.0 Å². The van der Waals surface area contributed by atoms with Crippen LogP contribution in [0.3, 0.4) is 0 Å². The third kappa shape index (κ3) is 2.92. The van der Waals surface area contributed by atoms with Crippen molar-refractivity contribution >= 4 is 5.78 Å². The molecule has 0 amide bonds. The van der Waals surface area contributed by atoms with Gasteiger partial charge < -0.3 is 9.47 Å². The van der Waals surface area contributed by atoms with Crippen molar-refractivity contribution in [2.24, 2.45) is 0 Å². The molecule has 0 spiro atoms. The van der Waals surface area contributed by atoms with E-state index in [1.54, 1.807) is 12.1 Å². The van der Waals surface area contributed by atoms with Crippen molar-refractivity contribution < 1.29 is 14.3 Å². The molecule has 0 atom stereocenters. The van der Waals surface area contributed by atoms with Crippen LogP contribution in [0.1, 0.15) is 34.8 Å². The molecule has 0 aromatic heterocycles. The number of rotatable bonds is 3. The first-order valence-corrected chi connectivity index (χ1v) is 7.31. The van der Waals surface area contributed by atoms with Gasteiger partial charge in [-0.3, -0.25) is 4.79 Å². The predicted octanol–water partition coefficient (Wildman–Crippen LogP) is 3.64. The third-order valence-corrected chi connectivity index (χ3v) is 3.63. The maximum absolute atomic E-state index is 12.5. The summed E-state index contributed by atoms with van der Waals surface area (Å²) in [5.41, 5.74) is 2.55. The zero-order valence-corrected chi connectivity index (χ0v) is 12.1. The number of fused-ring (bicyclic) bond motifs is 1. The standard InChI is InChI=1S/C18H18O3/c1-2-13-4-6-14(7-5-13)18(19)15-8-9-16-17(12-15)21-11-3-10-20-16/h4-9,12H,2-3,10-11H2,1H3. The molecule has 0 aliphatic carbocycles. The van der Waals surface area contributed by atoms with E-state index >= 15 is 0 Å². The molecule has 0 saturated heterocycles. The van der Waals surface area contributed by atoms with E-state index in [2.05, 4.69) is 6.92 Å². The van der Waals surface area contributed by atoms with Gasteiger partial charge in [-0.15, -0.1) is 0 Å². The van der Waals surface area contributed by atoms with Crippen molar-refractivity contribution in [3.8, 4) is 11.5 Å². The van der Waals surface area contributed by atoms with Crippen LogP contribution in [-0.2, 0) is 6.42 Å². The number of benzene rings is 2. The van der Waals surface area contributed by atoms with Gasteiger partial charge in [0.15, 0.2) is 17.3 Å². The van der Waals surface area contributed by atoms with E-state index in [9.17, 15) is 4.79 Å². The SMILES string of the molecule is CCc1ccc(C(=O)c2ccc3c(c2)OCCCO3)cc1. The van der Waals surface area contributed by atoms with E-state index in [-0.39, 0.29) is 5.78 Å². The number of aryl methyl sites for hydroxylation is 1. The van der Waals surface area contributed by atoms with Gasteiger partial charge in [-0.1, -0.05) is 31.2 Å². The van der Waals surface area contributed by atoms with Gasteiger partial charge in [0, 0.05) is 17.5 Å². The van der Waals surface area contributed by atoms with Crippen molar-refractivity contribution in [3.05, 3.63) is 59.2 Å². The Kier molecular flexibility index (Phi) is 3.91. The van der Waals surface area contributed by atoms with Crippen LogP contribution in [0.5, 0.6) is 11.5 Å². The lowest BCUT2D eigenvalue weighted by molar-refractivity contribution is 0.103. The Labute approximate surface area is 124 Å². The topological polar surface area (TPSA) is 35.5 Å². The molecule has 0 N–H and O–H groups in total. The lowest BCUT2D eigenvalue weighted by atomic mass is 10.0. The zero-order chi connectivity index (χ0) is 14.7. The number of hydrogen-bond donors (Lipinski definition) is 0. The van der Waals surface area contributed by atoms with Crippen molar-refractivity contribution in [1.29, 1.82) is 0 Å². The summed E-state index contributed by atoms with van der Waals surface area (Å²) in [5.74, 6) is 1.38. The first-order chi connectivity index (χ1) is 10.3. The van der Waals surface area contributed by atoms with Crippen molar-refractivity contribution in [2.45, 2.75) is 19.8 Å². The van der Waals surface area contributed by atoms with Gasteiger partial charge in [0.2, 0.25) is 0 Å². The fourth-order valence-corrected chi connectivity index (χ4v) is 2.36. The van der Waals surface area contributed by atoms with Gasteiger partial charge in [0.25, 0.3) is 0 Å². The summed E-state index contributed by atoms with van der Waals surface area (Å²) in [6.45, 7) is 3.37. The minimum absolute atomic E-state index is 0.00769. The minimum Gasteiger partial charge on any atom is -0.490 e. The lowest BCUT2D eigenvalue weighted by Gasteiger charge is -2.09. The van der Waals surface area contributed by atoms with Crippen molar-refractivity contribution in [3.63, 3.8) is 0 Å². The summed E-state index contributed by atoms with van der Waals surface area (Å²) < 4.78 is 11.2. The Hall–Kier alpha value is -2.29. The molecule has 3 rings (SSSR count). The molecule has 0 bridgehead atoms. The van der Waals surface area contributed by atoms with E-state index in [1.807, 2.05) is 30.3 Å². The number of hydrogen-bond acceptors (Lipinski definition) is 3. The van der Waals surface area contributed by atoms with Gasteiger partial charge in [0.05, 0.1) is 13.2 Å². The smallest absolute Gasteiger partial charge is 0.193 e. The second-order valence-electron chi connectivity index (χ2n) is 5.09. The molecule has 3 heteroatoms. The molecule has 2 aromatic rings. The molecular weight excluding hydrogens is 264 g/mol. The third-order valence-electron chi connectivity index (χ3n) is 3.63. The van der Waals surface area contributed by atoms with Crippen LogP contribution in [0.25, 0.3) is 0 Å². The molecule has 1 aliphatic heterocycles. The van der Waals surface area contributed by atoms with Crippen LogP contribution >= 0.6 is 0 Å². The van der Waals surface area contributed by atoms with Gasteiger partial charge in [-0.2, -0.15) is 0 Å². The molecule has 1 aliphatic rings. The molecular formula is C18H18O3. The van der Waals surface area contributed by atoms with Gasteiger partial charge in [0.1, 0.15) is 0 Å². The fourth-order valence-electron chi connectivity index (χ4n) is 2.36. The number of ketones is 1. The average Bonchev–Trinajstić information content (AvgIpc) is 2.79. The van der Waals surface area contributed by atoms with Crippen LogP contribution in [0, 0.1) is 0 Å². The lowest BCUT2D eigenvalue weighted by Crippen LogP contribution is -2.02. The number of ether oxygens (including phenoxy) is 2. The van der Waals surface area contributed by atoms with Crippen molar-refractivity contribution in [2.75, 3.05) is 13.2 Å². The summed E-state index contributed by atoms with van der Waals surface area (Å²) in [6, 6.07) is 13.1. The highest BCUT2D eigenvalue weighted by molar-refractivity contribution is 6.09. The predicted molar refractivity (Wildman–Crippen MR) is 81.3 cm³/mol. The zero-order valence-electron chi connectivity index (χ0n) is 12.1. The Morgan fingerprint density at radius 2 is 1.62 bits per heavy atom. The number of carbonyl (C=O) groups excluding carboxylic acids is 1. The molecule has 1 heterocycles. The summed E-state index contributed by atoms with van der Waals surface area (Å²) in [4.78, 5) is 12.5. The highest BCUT2D eigenvalue weighted by atomic mass is 16.5. The molecule has 2 aromatic carbocycles. The summed E-state index contributed by atoms with van der Waals surface area (Å²) >= 11 is 0. The molecule has 3 nitrogen and oxygen atoms in total. The average molecular weight is 282 g/mol. The quantitative estimate of drug-likeness (QED) is 0.806. The number of carbonyl (C=O) groups is 1. The molecule has 21 heavy (non-hydrogen) atoms. The van der Waals surface area contributed by atoms with Gasteiger partial charge in [-0.25, -0.2) is 0 Å². The fraction of sp³-hybridized carbons (Fsp3) is 0.278. The highest BCUT2D eigenvalue weighted by Crippen LogP contribution is 2.31. The van der Waals surface area contributed by atoms with Crippen LogP contribution in [0.15, 0.2) is 42.5 Å². The van der Waals surface area contributed by atoms with E-state index < -0.39 is 0 Å². The van der Waals surface area contributed by atoms with Crippen LogP contribution < -0.4 is 9.47 Å². The molecule has 0 unspecified atom stereocenters. The Balaban J connectivity index is 1.88. The normalized spacial score (nSPS) is 13.6. The van der Waals surface area contributed by atoms with E-state index in [4.69, 9.17) is 9.47 Å². The first-order valence-electron chi connectivity index (χ1n) is 7.31. The Bertz CT molecular complexity index is 644. The molecule has 0 saturated carbocycles. The van der Waals surface area contributed by atoms with Gasteiger partial charge >= 0.3 is 0 Å². The largest absolute Gasteiger partial charge is 0.490 e. The van der Waals surface area contributed by atoms with Crippen molar-refractivity contribution in [1.82, 2.24) is 0 Å². The van der Waals surface area contributed by atoms with Crippen LogP contribution in [0.2, 0.25) is 0 Å². The second kappa shape index (κ2) is 6.00. The highest BCUT2D eigenvalue weighted by Gasteiger charge is 2.15. The molecule has 0 fully saturated rings. The van der Waals surface area contributed by atoms with Crippen LogP contribution in [0.4, 0.5) is 0 Å². The molecule has 0 radical (unpaired) electrons. The van der Waals surface area contributed by atoms with E-state index in [0.29, 0.717) is 35.8 Å². The van der Waals surface area contributed by atoms with E-state index in [1.165, 1.54) is 5.56 Å². The Morgan fingerprint density at radius 1 is 0.952 bits per heavy atom. The second-order valence-corrected chi connectivity index (χ2v) is 5.09. The molecule has 108 valence electrons. The van der Waals surface area contributed by atoms with Gasteiger partial charge in [-0.05, 0) is 30.2 Å². The summed E-state index contributed by atoms with van der Waals surface area (Å²) in [7, 11) is 0. The summed E-state index contributed by atoms with van der Waals surface area (Å²) in [5, 5.41) is 0. The minimum atomic E-state index is 0.00769. The van der Waals surface area contributed by atoms with E-state index in [0.717, 1.165) is 12.8 Å². The monoisotopic (exact) mass is 282 g/mol. The first kappa shape index (κ1) is 13.7. The maximum Gasteiger partial charge on any atom is 0.193 e. The Morgan fingerprint density at radius 3 is 2.33 bits per heavy atom.